The van der Waals surface area contributed by atoms with E-state index in [1.807, 2.05) is 49.1 Å². The molecule has 0 aliphatic carbocycles. The SMILES string of the molecule is CC.CN(C)S(=O)n1c(Cc2ccccc2)cnc1CCNCCc1nc2c(NCc3ncccc3F)ncnc2s1.[B]CC. The predicted octanol–water partition coefficient (Wildman–Crippen LogP) is 5.00. The van der Waals surface area contributed by atoms with Gasteiger partial charge in [0.2, 0.25) is 11.2 Å². The summed E-state index contributed by atoms with van der Waals surface area (Å²) in [5, 5.41) is 7.50. The summed E-state index contributed by atoms with van der Waals surface area (Å²) in [6.07, 6.45) is 7.62. The molecule has 5 aromatic rings. The molecule has 14 heteroatoms. The normalized spacial score (nSPS) is 11.4. The van der Waals surface area contributed by atoms with Crippen LogP contribution in [0.2, 0.25) is 6.32 Å². The Morgan fingerprint density at radius 2 is 1.76 bits per heavy atom. The van der Waals surface area contributed by atoms with Crippen LogP contribution >= 0.6 is 11.3 Å². The Morgan fingerprint density at radius 3 is 2.47 bits per heavy atom. The summed E-state index contributed by atoms with van der Waals surface area (Å²) in [5.41, 5.74) is 3.04. The standard InChI is InChI=1S/C27H30FN9OS2.C2H5B.C2H6/c1-36(2)40(38)37-20(15-19-7-4-3-5-8-19)16-31-23(37)10-13-29-14-11-24-35-25-26(33-18-34-27(25)39-24)32-17-22-21(28)9-6-12-30-22;1-2-3;1-2/h3-9,12,16,18,29H,10-11,13-15,17H2,1-2H3,(H,32,33,34);2H2,1H3;1-2H3. The second-order valence-corrected chi connectivity index (χ2v) is 12.2. The second kappa shape index (κ2) is 19.0. The Labute approximate surface area is 273 Å². The lowest BCUT2D eigenvalue weighted by Crippen LogP contribution is -2.27. The average Bonchev–Trinajstić information content (AvgIpc) is 3.66. The van der Waals surface area contributed by atoms with Crippen LogP contribution in [0.25, 0.3) is 10.3 Å². The third-order valence-corrected chi connectivity index (χ3v) is 8.50. The summed E-state index contributed by atoms with van der Waals surface area (Å²) in [6, 6.07) is 13.1. The van der Waals surface area contributed by atoms with Crippen molar-refractivity contribution in [2.24, 2.45) is 0 Å². The quantitative estimate of drug-likeness (QED) is 0.135. The Bertz CT molecular complexity index is 1620. The number of anilines is 1. The number of nitrogens with zero attached hydrogens (tertiary/aromatic N) is 7. The molecule has 45 heavy (non-hydrogen) atoms. The van der Waals surface area contributed by atoms with Crippen molar-refractivity contribution in [3.8, 4) is 0 Å². The molecule has 10 nitrogen and oxygen atoms in total. The minimum absolute atomic E-state index is 0.203. The van der Waals surface area contributed by atoms with Crippen LogP contribution in [-0.2, 0) is 37.0 Å². The summed E-state index contributed by atoms with van der Waals surface area (Å²) >= 11 is 0.154. The number of imidazole rings is 1. The number of aromatic nitrogens is 6. The number of fused-ring (bicyclic) bond motifs is 1. The topological polar surface area (TPSA) is 114 Å². The highest BCUT2D eigenvalue weighted by atomic mass is 32.2. The van der Waals surface area contributed by atoms with Gasteiger partial charge in [0.15, 0.2) is 5.82 Å². The number of pyridine rings is 1. The van der Waals surface area contributed by atoms with E-state index in [9.17, 15) is 8.60 Å². The van der Waals surface area contributed by atoms with Gasteiger partial charge in [-0.1, -0.05) is 68.8 Å². The molecule has 238 valence electrons. The van der Waals surface area contributed by atoms with Crippen molar-refractivity contribution in [1.82, 2.24) is 38.5 Å². The van der Waals surface area contributed by atoms with Crippen molar-refractivity contribution in [3.05, 3.63) is 94.8 Å². The van der Waals surface area contributed by atoms with E-state index in [0.717, 1.165) is 33.2 Å². The minimum atomic E-state index is -1.36. The number of halogens is 1. The van der Waals surface area contributed by atoms with Crippen LogP contribution in [0.15, 0.2) is 61.2 Å². The summed E-state index contributed by atoms with van der Waals surface area (Å²) < 4.78 is 30.5. The summed E-state index contributed by atoms with van der Waals surface area (Å²) in [7, 11) is 8.44. The lowest BCUT2D eigenvalue weighted by molar-refractivity contribution is 0.586. The molecule has 0 spiro atoms. The number of nitrogens with one attached hydrogen (secondary N) is 2. The van der Waals surface area contributed by atoms with Crippen LogP contribution in [0.1, 0.15) is 48.6 Å². The van der Waals surface area contributed by atoms with Gasteiger partial charge < -0.3 is 10.6 Å². The molecular formula is C31H41BFN9OS2. The number of thiazole rings is 1. The van der Waals surface area contributed by atoms with E-state index in [2.05, 4.69) is 42.7 Å². The molecule has 2 radical (unpaired) electrons. The van der Waals surface area contributed by atoms with E-state index in [1.54, 1.807) is 30.7 Å². The molecule has 0 saturated heterocycles. The Kier molecular flexibility index (Phi) is 15.2. The number of benzene rings is 1. The summed E-state index contributed by atoms with van der Waals surface area (Å²) in [6.45, 7) is 7.50. The molecule has 1 atom stereocenters. The van der Waals surface area contributed by atoms with Crippen molar-refractivity contribution in [3.63, 3.8) is 0 Å². The maximum atomic E-state index is 13.9. The highest BCUT2D eigenvalue weighted by Gasteiger charge is 2.18. The van der Waals surface area contributed by atoms with Crippen molar-refractivity contribution in [1.29, 1.82) is 0 Å². The first-order valence-electron chi connectivity index (χ1n) is 14.9. The molecule has 0 aliphatic heterocycles. The molecule has 4 heterocycles. The van der Waals surface area contributed by atoms with Crippen LogP contribution < -0.4 is 10.6 Å². The smallest absolute Gasteiger partial charge is 0.204 e. The van der Waals surface area contributed by atoms with Gasteiger partial charge in [0.1, 0.15) is 28.3 Å². The first-order chi connectivity index (χ1) is 21.9. The van der Waals surface area contributed by atoms with Gasteiger partial charge in [-0.15, -0.1) is 0 Å². The van der Waals surface area contributed by atoms with Gasteiger partial charge in [0, 0.05) is 58.8 Å². The molecule has 5 rings (SSSR count). The maximum Gasteiger partial charge on any atom is 0.204 e. The first-order valence-corrected chi connectivity index (χ1v) is 16.8. The number of rotatable bonds is 13. The summed E-state index contributed by atoms with van der Waals surface area (Å²) in [4.78, 5) is 22.8. The highest BCUT2D eigenvalue weighted by molar-refractivity contribution is 7.81. The Balaban J connectivity index is 0.00000104. The molecule has 2 N–H and O–H groups in total. The van der Waals surface area contributed by atoms with Gasteiger partial charge in [-0.2, -0.15) is 0 Å². The summed E-state index contributed by atoms with van der Waals surface area (Å²) in [5.74, 6) is 0.964. The van der Waals surface area contributed by atoms with Crippen molar-refractivity contribution in [2.75, 3.05) is 32.5 Å². The van der Waals surface area contributed by atoms with Gasteiger partial charge in [-0.25, -0.2) is 36.8 Å². The largest absolute Gasteiger partial charge is 0.362 e. The molecule has 1 unspecified atom stereocenters. The van der Waals surface area contributed by atoms with E-state index < -0.39 is 11.2 Å². The fourth-order valence-corrected chi connectivity index (χ4v) is 5.99. The third kappa shape index (κ3) is 10.5. The van der Waals surface area contributed by atoms with E-state index in [-0.39, 0.29) is 12.4 Å². The van der Waals surface area contributed by atoms with Crippen LogP contribution in [0.3, 0.4) is 0 Å². The molecule has 1 aromatic carbocycles. The second-order valence-electron chi connectivity index (χ2n) is 9.59. The van der Waals surface area contributed by atoms with E-state index in [0.29, 0.717) is 49.4 Å². The molecule has 0 bridgehead atoms. The molecule has 0 amide bonds. The van der Waals surface area contributed by atoms with Crippen LogP contribution in [0, 0.1) is 5.82 Å². The zero-order chi connectivity index (χ0) is 32.6. The average molecular weight is 650 g/mol. The van der Waals surface area contributed by atoms with Crippen LogP contribution in [0.5, 0.6) is 0 Å². The van der Waals surface area contributed by atoms with Gasteiger partial charge in [-0.3, -0.25) is 4.98 Å². The highest BCUT2D eigenvalue weighted by Crippen LogP contribution is 2.25. The fraction of sp³-hybridized carbons (Fsp3) is 0.387. The van der Waals surface area contributed by atoms with E-state index in [1.165, 1.54) is 23.7 Å². The minimum Gasteiger partial charge on any atom is -0.362 e. The number of hydrogen-bond acceptors (Lipinski definition) is 9. The maximum absolute atomic E-state index is 13.9. The van der Waals surface area contributed by atoms with Crippen molar-refractivity contribution < 1.29 is 8.60 Å². The molecule has 0 aliphatic rings. The van der Waals surface area contributed by atoms with Crippen LogP contribution in [0.4, 0.5) is 10.2 Å². The van der Waals surface area contributed by atoms with Crippen molar-refractivity contribution >= 4 is 46.5 Å². The van der Waals surface area contributed by atoms with Gasteiger partial charge in [0.25, 0.3) is 0 Å². The number of hydrogen-bond donors (Lipinski definition) is 2. The molecular weight excluding hydrogens is 608 g/mol. The van der Waals surface area contributed by atoms with Crippen LogP contribution in [-0.4, -0.2) is 72.4 Å². The van der Waals surface area contributed by atoms with Gasteiger partial charge in [0.05, 0.1) is 30.8 Å². The Morgan fingerprint density at radius 1 is 1.02 bits per heavy atom. The van der Waals surface area contributed by atoms with E-state index in [4.69, 9.17) is 12.8 Å². The molecule has 0 fully saturated rings. The van der Waals surface area contributed by atoms with E-state index >= 15 is 0 Å². The van der Waals surface area contributed by atoms with Gasteiger partial charge >= 0.3 is 0 Å². The monoisotopic (exact) mass is 649 g/mol. The first kappa shape index (κ1) is 35.9. The van der Waals surface area contributed by atoms with Crippen molar-refractivity contribution in [2.45, 2.75) is 52.9 Å². The fourth-order valence-electron chi connectivity index (χ4n) is 4.13. The molecule has 0 saturated carbocycles. The zero-order valence-electron chi connectivity index (χ0n) is 26.5. The van der Waals surface area contributed by atoms with Gasteiger partial charge in [-0.05, 0) is 17.7 Å². The lowest BCUT2D eigenvalue weighted by atomic mass is 10.1. The molecule has 4 aromatic heterocycles. The zero-order valence-corrected chi connectivity index (χ0v) is 28.2. The lowest BCUT2D eigenvalue weighted by Gasteiger charge is -2.15. The third-order valence-electron chi connectivity index (χ3n) is 6.09. The Hall–Kier alpha value is -3.59. The predicted molar refractivity (Wildman–Crippen MR) is 183 cm³/mol.